The number of carboxylic acids is 1. The average Bonchev–Trinajstić information content (AvgIpc) is 2.52. The molecule has 1 N–H and O–H groups in total. The van der Waals surface area contributed by atoms with Crippen molar-refractivity contribution in [1.82, 2.24) is 0 Å². The molecule has 5 heteroatoms. The maximum atomic E-state index is 12.6. The minimum atomic E-state index is -1.10. The topological polar surface area (TPSA) is 84.6 Å². The van der Waals surface area contributed by atoms with Gasteiger partial charge in [0.2, 0.25) is 5.43 Å². The second kappa shape index (κ2) is 5.30. The van der Waals surface area contributed by atoms with E-state index in [1.165, 1.54) is 18.2 Å². The van der Waals surface area contributed by atoms with Crippen LogP contribution in [-0.2, 0) is 0 Å². The summed E-state index contributed by atoms with van der Waals surface area (Å²) in [5, 5.41) is 9.62. The van der Waals surface area contributed by atoms with Gasteiger partial charge in [0.15, 0.2) is 5.78 Å². The number of Topliss-reactive ketones (excluding diaryl/α,β-unsaturated/α-hetero) is 1. The Bertz CT molecular complexity index is 1060. The Balaban J connectivity index is 1.90. The summed E-state index contributed by atoms with van der Waals surface area (Å²) in [6, 6.07) is 9.02. The molecule has 1 aliphatic rings. The molecule has 5 nitrogen and oxygen atoms in total. The Kier molecular flexibility index (Phi) is 3.23. The maximum Gasteiger partial charge on any atom is 0.335 e. The molecule has 4 rings (SSSR count). The van der Waals surface area contributed by atoms with Gasteiger partial charge in [0.05, 0.1) is 16.3 Å². The van der Waals surface area contributed by atoms with E-state index in [2.05, 4.69) is 0 Å². The number of carbonyl (C=O) groups is 2. The molecular formula is C19H14O5. The number of carbonyl (C=O) groups excluding carboxylic acids is 1. The fourth-order valence-electron chi connectivity index (χ4n) is 3.05. The van der Waals surface area contributed by atoms with Crippen molar-refractivity contribution in [2.45, 2.75) is 19.3 Å². The number of hydrogen-bond donors (Lipinski definition) is 1. The Hall–Kier alpha value is -2.95. The van der Waals surface area contributed by atoms with E-state index in [1.807, 2.05) is 0 Å². The zero-order valence-corrected chi connectivity index (χ0v) is 12.7. The van der Waals surface area contributed by atoms with Gasteiger partial charge in [0.25, 0.3) is 0 Å². The van der Waals surface area contributed by atoms with Gasteiger partial charge in [0.1, 0.15) is 11.2 Å². The number of hydrogen-bond acceptors (Lipinski definition) is 4. The monoisotopic (exact) mass is 322 g/mol. The van der Waals surface area contributed by atoms with Crippen LogP contribution in [-0.4, -0.2) is 16.9 Å². The molecule has 0 unspecified atom stereocenters. The van der Waals surface area contributed by atoms with Crippen LogP contribution in [0.2, 0.25) is 0 Å². The van der Waals surface area contributed by atoms with Crippen molar-refractivity contribution >= 4 is 33.7 Å². The van der Waals surface area contributed by atoms with Crippen LogP contribution in [0.15, 0.2) is 45.6 Å². The normalized spacial score (nSPS) is 14.7. The van der Waals surface area contributed by atoms with Gasteiger partial charge >= 0.3 is 5.97 Å². The van der Waals surface area contributed by atoms with Crippen LogP contribution in [0.5, 0.6) is 0 Å². The van der Waals surface area contributed by atoms with Crippen molar-refractivity contribution in [1.29, 1.82) is 0 Å². The van der Waals surface area contributed by atoms with E-state index in [0.717, 1.165) is 19.3 Å². The molecule has 0 bridgehead atoms. The molecule has 1 aliphatic carbocycles. The average molecular weight is 322 g/mol. The van der Waals surface area contributed by atoms with Crippen LogP contribution in [0.25, 0.3) is 21.9 Å². The Morgan fingerprint density at radius 3 is 2.38 bits per heavy atom. The first kappa shape index (κ1) is 14.6. The smallest absolute Gasteiger partial charge is 0.335 e. The standard InChI is InChI=1S/C19H14O5/c20-17(10-2-1-3-10)11-4-6-13-16(9-11)24-15-7-5-12(19(22)23)8-14(15)18(13)21/h4-10H,1-3H2,(H,22,23). The lowest BCUT2D eigenvalue weighted by molar-refractivity contribution is 0.0696. The van der Waals surface area contributed by atoms with E-state index in [9.17, 15) is 14.4 Å². The predicted octanol–water partition coefficient (Wildman–Crippen LogP) is 3.63. The summed E-state index contributed by atoms with van der Waals surface area (Å²) in [6.45, 7) is 0. The summed E-state index contributed by atoms with van der Waals surface area (Å²) in [4.78, 5) is 36.0. The maximum absolute atomic E-state index is 12.6. The highest BCUT2D eigenvalue weighted by atomic mass is 16.4. The summed E-state index contributed by atoms with van der Waals surface area (Å²) in [5.41, 5.74) is 0.950. The molecule has 0 atom stereocenters. The first-order chi connectivity index (χ1) is 11.5. The third-order valence-electron chi connectivity index (χ3n) is 4.68. The second-order valence-electron chi connectivity index (χ2n) is 6.15. The van der Waals surface area contributed by atoms with Crippen molar-refractivity contribution in [2.75, 3.05) is 0 Å². The van der Waals surface area contributed by atoms with Gasteiger partial charge in [-0.3, -0.25) is 9.59 Å². The van der Waals surface area contributed by atoms with Crippen LogP contribution < -0.4 is 5.43 Å². The van der Waals surface area contributed by atoms with Gasteiger partial charge in [-0.2, -0.15) is 0 Å². The molecule has 120 valence electrons. The van der Waals surface area contributed by atoms with Gasteiger partial charge in [-0.15, -0.1) is 0 Å². The molecule has 1 heterocycles. The quantitative estimate of drug-likeness (QED) is 0.588. The molecule has 24 heavy (non-hydrogen) atoms. The van der Waals surface area contributed by atoms with E-state index in [1.54, 1.807) is 18.2 Å². The first-order valence-corrected chi connectivity index (χ1v) is 7.83. The van der Waals surface area contributed by atoms with Gasteiger partial charge in [0, 0.05) is 11.5 Å². The molecule has 1 fully saturated rings. The van der Waals surface area contributed by atoms with E-state index in [-0.39, 0.29) is 28.1 Å². The number of rotatable bonds is 3. The lowest BCUT2D eigenvalue weighted by Crippen LogP contribution is -2.21. The van der Waals surface area contributed by atoms with Gasteiger partial charge in [-0.25, -0.2) is 4.79 Å². The molecule has 1 saturated carbocycles. The summed E-state index contributed by atoms with van der Waals surface area (Å²) >= 11 is 0. The number of carboxylic acid groups (broad SMARTS) is 1. The summed E-state index contributed by atoms with van der Waals surface area (Å²) in [7, 11) is 0. The minimum Gasteiger partial charge on any atom is -0.478 e. The van der Waals surface area contributed by atoms with Gasteiger partial charge < -0.3 is 9.52 Å². The summed E-state index contributed by atoms with van der Waals surface area (Å²) < 4.78 is 5.74. The van der Waals surface area contributed by atoms with E-state index in [0.29, 0.717) is 22.1 Å². The highest BCUT2D eigenvalue weighted by Crippen LogP contribution is 2.30. The zero-order chi connectivity index (χ0) is 16.8. The van der Waals surface area contributed by atoms with E-state index in [4.69, 9.17) is 9.52 Å². The molecule has 0 amide bonds. The van der Waals surface area contributed by atoms with E-state index >= 15 is 0 Å². The molecule has 0 aliphatic heterocycles. The van der Waals surface area contributed by atoms with Crippen LogP contribution in [0.4, 0.5) is 0 Å². The molecule has 3 aromatic rings. The fourth-order valence-corrected chi connectivity index (χ4v) is 3.05. The number of aromatic carboxylic acids is 1. The number of benzene rings is 2. The molecular weight excluding hydrogens is 308 g/mol. The minimum absolute atomic E-state index is 0.0333. The van der Waals surface area contributed by atoms with Crippen molar-refractivity contribution in [3.63, 3.8) is 0 Å². The van der Waals surface area contributed by atoms with E-state index < -0.39 is 5.97 Å². The summed E-state index contributed by atoms with van der Waals surface area (Å²) in [6.07, 6.45) is 2.91. The van der Waals surface area contributed by atoms with Gasteiger partial charge in [-0.05, 0) is 43.2 Å². The largest absolute Gasteiger partial charge is 0.478 e. The third-order valence-corrected chi connectivity index (χ3v) is 4.68. The Morgan fingerprint density at radius 1 is 0.958 bits per heavy atom. The highest BCUT2D eigenvalue weighted by molar-refractivity contribution is 6.02. The van der Waals surface area contributed by atoms with Crippen LogP contribution in [0.3, 0.4) is 0 Å². The zero-order valence-electron chi connectivity index (χ0n) is 12.7. The van der Waals surface area contributed by atoms with Crippen molar-refractivity contribution < 1.29 is 19.1 Å². The van der Waals surface area contributed by atoms with Crippen LogP contribution >= 0.6 is 0 Å². The third kappa shape index (κ3) is 2.21. The van der Waals surface area contributed by atoms with Crippen LogP contribution in [0.1, 0.15) is 40.0 Å². The lowest BCUT2D eigenvalue weighted by atomic mass is 9.80. The molecule has 0 spiro atoms. The Morgan fingerprint density at radius 2 is 1.71 bits per heavy atom. The Labute approximate surface area is 136 Å². The molecule has 1 aromatic heterocycles. The van der Waals surface area contributed by atoms with Crippen molar-refractivity contribution in [3.8, 4) is 0 Å². The fraction of sp³-hybridized carbons (Fsp3) is 0.211. The molecule has 0 radical (unpaired) electrons. The SMILES string of the molecule is O=C(O)c1ccc2oc3cc(C(=O)C4CCC4)ccc3c(=O)c2c1. The number of ketones is 1. The van der Waals surface area contributed by atoms with Crippen molar-refractivity contribution in [3.05, 3.63) is 57.7 Å². The van der Waals surface area contributed by atoms with Gasteiger partial charge in [-0.1, -0.05) is 12.5 Å². The first-order valence-electron chi connectivity index (χ1n) is 7.83. The summed E-state index contributed by atoms with van der Waals surface area (Å²) in [5.74, 6) is -0.933. The second-order valence-corrected chi connectivity index (χ2v) is 6.15. The molecule has 0 saturated heterocycles. The van der Waals surface area contributed by atoms with Crippen molar-refractivity contribution in [2.24, 2.45) is 5.92 Å². The lowest BCUT2D eigenvalue weighted by Gasteiger charge is -2.23. The number of fused-ring (bicyclic) bond motifs is 2. The van der Waals surface area contributed by atoms with Crippen LogP contribution in [0, 0.1) is 5.92 Å². The molecule has 2 aromatic carbocycles. The predicted molar refractivity (Wildman–Crippen MR) is 88.6 cm³/mol. The highest BCUT2D eigenvalue weighted by Gasteiger charge is 2.26.